The molecular weight excluding hydrogens is 451 g/mol. The van der Waals surface area contributed by atoms with E-state index in [2.05, 4.69) is 10.3 Å². The predicted octanol–water partition coefficient (Wildman–Crippen LogP) is 4.90. The van der Waals surface area contributed by atoms with Gasteiger partial charge in [-0.2, -0.15) is 13.2 Å². The first-order valence-electron chi connectivity index (χ1n) is 9.81. The molecule has 0 aliphatic rings. The van der Waals surface area contributed by atoms with Gasteiger partial charge in [0.25, 0.3) is 5.91 Å². The Morgan fingerprint density at radius 1 is 0.824 bits per heavy atom. The second kappa shape index (κ2) is 8.39. The Bertz CT molecular complexity index is 1440. The highest BCUT2D eigenvalue weighted by molar-refractivity contribution is 6.07. The fourth-order valence-electron chi connectivity index (χ4n) is 3.45. The monoisotopic (exact) mass is 467 g/mol. The molecule has 1 aromatic heterocycles. The molecule has 0 atom stereocenters. The Labute approximate surface area is 190 Å². The minimum absolute atomic E-state index is 0.0171. The molecule has 0 aliphatic heterocycles. The number of hydrogen-bond donors (Lipinski definition) is 4. The number of aromatic amines is 1. The normalized spacial score (nSPS) is 11.4. The third-order valence-electron chi connectivity index (χ3n) is 5.14. The van der Waals surface area contributed by atoms with Crippen molar-refractivity contribution in [3.05, 3.63) is 89.0 Å². The van der Waals surface area contributed by atoms with Gasteiger partial charge in [0.1, 0.15) is 5.82 Å². The maximum atomic E-state index is 12.9. The number of hydrogen-bond acceptors (Lipinski definition) is 3. The number of rotatable bonds is 5. The van der Waals surface area contributed by atoms with Crippen LogP contribution in [0.1, 0.15) is 36.6 Å². The van der Waals surface area contributed by atoms with E-state index >= 15 is 0 Å². The van der Waals surface area contributed by atoms with Gasteiger partial charge in [0.05, 0.1) is 11.1 Å². The number of aromatic nitrogens is 1. The number of carbonyl (C=O) groups is 3. The van der Waals surface area contributed by atoms with Crippen molar-refractivity contribution in [1.29, 1.82) is 0 Å². The Morgan fingerprint density at radius 2 is 1.50 bits per heavy atom. The van der Waals surface area contributed by atoms with Crippen LogP contribution in [0.4, 0.5) is 19.0 Å². The molecule has 4 rings (SSSR count). The van der Waals surface area contributed by atoms with Crippen molar-refractivity contribution in [2.75, 3.05) is 5.32 Å². The molecule has 7 nitrogen and oxygen atoms in total. The summed E-state index contributed by atoms with van der Waals surface area (Å²) in [5.41, 5.74) is 5.90. The highest BCUT2D eigenvalue weighted by atomic mass is 19.4. The summed E-state index contributed by atoms with van der Waals surface area (Å²) in [4.78, 5) is 38.5. The first-order chi connectivity index (χ1) is 16.0. The number of alkyl halides is 3. The van der Waals surface area contributed by atoms with Crippen LogP contribution >= 0.6 is 0 Å². The second-order valence-corrected chi connectivity index (χ2v) is 7.48. The minimum Gasteiger partial charge on any atom is -0.478 e. The number of aromatic carboxylic acids is 1. The van der Waals surface area contributed by atoms with E-state index in [1.54, 1.807) is 12.1 Å². The van der Waals surface area contributed by atoms with Crippen LogP contribution in [0.15, 0.2) is 66.7 Å². The van der Waals surface area contributed by atoms with E-state index in [9.17, 15) is 32.7 Å². The molecule has 172 valence electrons. The Hall–Kier alpha value is -4.60. The lowest BCUT2D eigenvalue weighted by Gasteiger charge is -2.09. The van der Waals surface area contributed by atoms with Crippen LogP contribution in [-0.4, -0.2) is 27.9 Å². The first kappa shape index (κ1) is 22.6. The summed E-state index contributed by atoms with van der Waals surface area (Å²) in [5, 5.41) is 12.3. The number of benzene rings is 3. The second-order valence-electron chi connectivity index (χ2n) is 7.48. The number of nitrogens with one attached hydrogen (secondary N) is 2. The largest absolute Gasteiger partial charge is 0.478 e. The highest BCUT2D eigenvalue weighted by Gasteiger charge is 2.30. The van der Waals surface area contributed by atoms with Crippen LogP contribution in [0, 0.1) is 0 Å². The molecular formula is C24H16F3N3O4. The number of amides is 2. The van der Waals surface area contributed by atoms with Gasteiger partial charge in [-0.15, -0.1) is 0 Å². The first-order valence-corrected chi connectivity index (χ1v) is 9.81. The van der Waals surface area contributed by atoms with E-state index in [1.165, 1.54) is 42.5 Å². The van der Waals surface area contributed by atoms with Gasteiger partial charge in [0, 0.05) is 22.0 Å². The summed E-state index contributed by atoms with van der Waals surface area (Å²) < 4.78 is 38.8. The number of carboxylic acid groups (broad SMARTS) is 1. The number of halogens is 3. The van der Waals surface area contributed by atoms with Gasteiger partial charge in [-0.25, -0.2) is 4.79 Å². The van der Waals surface area contributed by atoms with Gasteiger partial charge in [-0.05, 0) is 65.7 Å². The third kappa shape index (κ3) is 4.60. The molecule has 0 unspecified atom stereocenters. The van der Waals surface area contributed by atoms with Crippen LogP contribution in [-0.2, 0) is 6.18 Å². The van der Waals surface area contributed by atoms with E-state index in [1.807, 2.05) is 0 Å². The number of fused-ring (bicyclic) bond motifs is 1. The topological polar surface area (TPSA) is 125 Å². The van der Waals surface area contributed by atoms with Gasteiger partial charge in [-0.3, -0.25) is 9.59 Å². The lowest BCUT2D eigenvalue weighted by atomic mass is 9.98. The van der Waals surface area contributed by atoms with E-state index < -0.39 is 29.5 Å². The quantitative estimate of drug-likeness (QED) is 0.333. The van der Waals surface area contributed by atoms with Crippen LogP contribution in [0.5, 0.6) is 0 Å². The molecule has 0 aliphatic carbocycles. The SMILES string of the molecule is NC(=O)c1ccc(-c2cc(C(=O)O)cc(C(=O)Nc3cc4cc(C(F)(F)F)ccc4[nH]3)c2)cc1. The van der Waals surface area contributed by atoms with Crippen LogP contribution < -0.4 is 11.1 Å². The van der Waals surface area contributed by atoms with Crippen molar-refractivity contribution >= 4 is 34.5 Å². The van der Waals surface area contributed by atoms with Crippen molar-refractivity contribution in [2.24, 2.45) is 5.73 Å². The average Bonchev–Trinajstić information content (AvgIpc) is 3.19. The number of carboxylic acids is 1. The van der Waals surface area contributed by atoms with E-state index in [4.69, 9.17) is 5.73 Å². The number of carbonyl (C=O) groups excluding carboxylic acids is 2. The van der Waals surface area contributed by atoms with E-state index in [0.717, 1.165) is 12.1 Å². The summed E-state index contributed by atoms with van der Waals surface area (Å²) in [7, 11) is 0. The molecule has 0 radical (unpaired) electrons. The molecule has 3 aromatic carbocycles. The van der Waals surface area contributed by atoms with Gasteiger partial charge >= 0.3 is 12.1 Å². The summed E-state index contributed by atoms with van der Waals surface area (Å²) in [5.74, 6) is -2.39. The maximum absolute atomic E-state index is 12.9. The molecule has 0 spiro atoms. The summed E-state index contributed by atoms with van der Waals surface area (Å²) >= 11 is 0. The standard InChI is InChI=1S/C24H16F3N3O4/c25-24(26,27)18-5-6-19-15(10-18)11-20(29-19)30-22(32)16-7-14(8-17(9-16)23(33)34)12-1-3-13(4-2-12)21(28)31/h1-11,29H,(H2,28,31)(H,30,32)(H,33,34). The maximum Gasteiger partial charge on any atom is 0.416 e. The zero-order valence-electron chi connectivity index (χ0n) is 17.2. The van der Waals surface area contributed by atoms with Gasteiger partial charge < -0.3 is 21.1 Å². The molecule has 0 saturated carbocycles. The number of nitrogens with two attached hydrogens (primary N) is 1. The molecule has 4 aromatic rings. The molecule has 5 N–H and O–H groups in total. The van der Waals surface area contributed by atoms with Crippen molar-refractivity contribution in [3.63, 3.8) is 0 Å². The fraction of sp³-hybridized carbons (Fsp3) is 0.0417. The zero-order valence-corrected chi connectivity index (χ0v) is 17.2. The van der Waals surface area contributed by atoms with Crippen molar-refractivity contribution in [2.45, 2.75) is 6.18 Å². The fourth-order valence-corrected chi connectivity index (χ4v) is 3.45. The summed E-state index contributed by atoms with van der Waals surface area (Å²) in [6, 6.07) is 14.6. The lowest BCUT2D eigenvalue weighted by Crippen LogP contribution is -2.13. The zero-order chi connectivity index (χ0) is 24.6. The molecule has 0 fully saturated rings. The average molecular weight is 467 g/mol. The summed E-state index contributed by atoms with van der Waals surface area (Å²) in [6.07, 6.45) is -4.50. The molecule has 34 heavy (non-hydrogen) atoms. The highest BCUT2D eigenvalue weighted by Crippen LogP contribution is 2.32. The Morgan fingerprint density at radius 3 is 2.12 bits per heavy atom. The lowest BCUT2D eigenvalue weighted by molar-refractivity contribution is -0.137. The van der Waals surface area contributed by atoms with Crippen LogP contribution in [0.25, 0.3) is 22.0 Å². The van der Waals surface area contributed by atoms with Crippen LogP contribution in [0.2, 0.25) is 0 Å². The number of anilines is 1. The molecule has 2 amide bonds. The van der Waals surface area contributed by atoms with E-state index in [0.29, 0.717) is 16.6 Å². The van der Waals surface area contributed by atoms with Crippen molar-refractivity contribution in [1.82, 2.24) is 4.98 Å². The smallest absolute Gasteiger partial charge is 0.416 e. The van der Waals surface area contributed by atoms with Crippen LogP contribution in [0.3, 0.4) is 0 Å². The molecule has 0 saturated heterocycles. The minimum atomic E-state index is -4.50. The van der Waals surface area contributed by atoms with Gasteiger partial charge in [0.2, 0.25) is 5.91 Å². The van der Waals surface area contributed by atoms with Gasteiger partial charge in [0.15, 0.2) is 0 Å². The Kier molecular flexibility index (Phi) is 5.58. The molecule has 1 heterocycles. The summed E-state index contributed by atoms with van der Waals surface area (Å²) in [6.45, 7) is 0. The van der Waals surface area contributed by atoms with Crippen molar-refractivity contribution < 1.29 is 32.7 Å². The van der Waals surface area contributed by atoms with E-state index in [-0.39, 0.29) is 27.9 Å². The van der Waals surface area contributed by atoms with Gasteiger partial charge in [-0.1, -0.05) is 12.1 Å². The van der Waals surface area contributed by atoms with Crippen molar-refractivity contribution in [3.8, 4) is 11.1 Å². The number of H-pyrrole nitrogens is 1. The molecule has 0 bridgehead atoms. The third-order valence-corrected chi connectivity index (χ3v) is 5.14. The Balaban J connectivity index is 1.66. The number of primary amides is 1. The predicted molar refractivity (Wildman–Crippen MR) is 119 cm³/mol. The molecule has 10 heteroatoms.